The Labute approximate surface area is 141 Å². The van der Waals surface area contributed by atoms with E-state index in [2.05, 4.69) is 20.6 Å². The van der Waals surface area contributed by atoms with E-state index in [0.29, 0.717) is 5.69 Å². The molecule has 3 rings (SSSR count). The van der Waals surface area contributed by atoms with Crippen LogP contribution in [0.3, 0.4) is 0 Å². The molecule has 1 aromatic carbocycles. The Kier molecular flexibility index (Phi) is 4.25. The van der Waals surface area contributed by atoms with E-state index in [-0.39, 0.29) is 29.2 Å². The first-order valence-electron chi connectivity index (χ1n) is 7.39. The molecule has 0 radical (unpaired) electrons. The maximum Gasteiger partial charge on any atom is 0.322 e. The van der Waals surface area contributed by atoms with Crippen LogP contribution in [0.2, 0.25) is 0 Å². The summed E-state index contributed by atoms with van der Waals surface area (Å²) in [4.78, 5) is 22.4. The van der Waals surface area contributed by atoms with Gasteiger partial charge in [0.05, 0.1) is 4.92 Å². The van der Waals surface area contributed by atoms with Crippen LogP contribution >= 0.6 is 0 Å². The molecule has 0 saturated carbocycles. The summed E-state index contributed by atoms with van der Waals surface area (Å²) >= 11 is 0. The van der Waals surface area contributed by atoms with Crippen molar-refractivity contribution < 1.29 is 14.1 Å². The molecule has 0 aliphatic rings. The molecule has 10 heteroatoms. The van der Waals surface area contributed by atoms with Crippen molar-refractivity contribution in [1.82, 2.24) is 20.0 Å². The Balaban J connectivity index is 1.79. The van der Waals surface area contributed by atoms with Gasteiger partial charge in [0.15, 0.2) is 0 Å². The molecule has 2 aromatic heterocycles. The van der Waals surface area contributed by atoms with Gasteiger partial charge in [-0.1, -0.05) is 11.2 Å². The lowest BCUT2D eigenvalue weighted by molar-refractivity contribution is -0.384. The Morgan fingerprint density at radius 1 is 1.32 bits per heavy atom. The van der Waals surface area contributed by atoms with Crippen molar-refractivity contribution in [2.75, 3.05) is 5.32 Å². The number of hydrogen-bond donors (Lipinski definition) is 1. The van der Waals surface area contributed by atoms with E-state index in [1.807, 2.05) is 13.8 Å². The number of carbonyl (C=O) groups excluding carboxylic acids is 1. The molecule has 25 heavy (non-hydrogen) atoms. The first-order chi connectivity index (χ1) is 12.0. The van der Waals surface area contributed by atoms with Gasteiger partial charge in [-0.3, -0.25) is 24.9 Å². The molecule has 0 bridgehead atoms. The molecule has 0 unspecified atom stereocenters. The van der Waals surface area contributed by atoms with Gasteiger partial charge in [-0.15, -0.1) is 5.10 Å². The number of nitrogens with zero attached hydrogens (tertiary/aromatic N) is 5. The Bertz CT molecular complexity index is 930. The summed E-state index contributed by atoms with van der Waals surface area (Å²) < 4.78 is 7.15. The van der Waals surface area contributed by atoms with Crippen molar-refractivity contribution >= 4 is 17.6 Å². The van der Waals surface area contributed by atoms with Crippen molar-refractivity contribution in [2.24, 2.45) is 0 Å². The third-order valence-corrected chi connectivity index (χ3v) is 3.34. The highest BCUT2D eigenvalue weighted by molar-refractivity contribution is 6.03. The van der Waals surface area contributed by atoms with Crippen molar-refractivity contribution in [3.05, 3.63) is 52.2 Å². The van der Waals surface area contributed by atoms with Crippen molar-refractivity contribution in [3.63, 3.8) is 0 Å². The Hall–Kier alpha value is -3.56. The van der Waals surface area contributed by atoms with Gasteiger partial charge in [-0.2, -0.15) is 5.10 Å². The number of aromatic nitrogens is 4. The van der Waals surface area contributed by atoms with E-state index in [1.165, 1.54) is 24.3 Å². The highest BCUT2D eigenvalue weighted by atomic mass is 16.6. The van der Waals surface area contributed by atoms with E-state index in [4.69, 9.17) is 4.42 Å². The smallest absolute Gasteiger partial charge is 0.322 e. The molecular weight excluding hydrogens is 328 g/mol. The highest BCUT2D eigenvalue weighted by Crippen LogP contribution is 2.22. The molecule has 128 valence electrons. The van der Waals surface area contributed by atoms with E-state index in [9.17, 15) is 14.9 Å². The van der Waals surface area contributed by atoms with Crippen LogP contribution in [0.5, 0.6) is 0 Å². The Morgan fingerprint density at radius 2 is 2.12 bits per heavy atom. The molecule has 2 heterocycles. The number of carbonyl (C=O) groups is 1. The molecule has 0 aliphatic heterocycles. The van der Waals surface area contributed by atoms with E-state index in [0.717, 1.165) is 0 Å². The monoisotopic (exact) mass is 342 g/mol. The van der Waals surface area contributed by atoms with E-state index >= 15 is 0 Å². The summed E-state index contributed by atoms with van der Waals surface area (Å²) in [6.07, 6.45) is 1.61. The van der Waals surface area contributed by atoms with E-state index < -0.39 is 10.8 Å². The summed E-state index contributed by atoms with van der Waals surface area (Å²) in [5.74, 6) is -0.378. The second-order valence-electron chi connectivity index (χ2n) is 5.43. The predicted molar refractivity (Wildman–Crippen MR) is 87.0 cm³/mol. The zero-order chi connectivity index (χ0) is 18.0. The van der Waals surface area contributed by atoms with Crippen LogP contribution in [0, 0.1) is 10.1 Å². The lowest BCUT2D eigenvalue weighted by Crippen LogP contribution is -2.12. The first-order valence-corrected chi connectivity index (χ1v) is 7.39. The fourth-order valence-electron chi connectivity index (χ4n) is 2.20. The second kappa shape index (κ2) is 6.51. The first kappa shape index (κ1) is 16.3. The molecule has 1 amide bonds. The van der Waals surface area contributed by atoms with Crippen molar-refractivity contribution in [3.8, 4) is 11.6 Å². The third-order valence-electron chi connectivity index (χ3n) is 3.34. The summed E-state index contributed by atoms with van der Waals surface area (Å²) in [5.41, 5.74) is 0.555. The fraction of sp³-hybridized carbons (Fsp3) is 0.200. The molecule has 0 atom stereocenters. The van der Waals surface area contributed by atoms with E-state index in [1.54, 1.807) is 16.9 Å². The van der Waals surface area contributed by atoms with Crippen LogP contribution in [0.1, 0.15) is 30.2 Å². The minimum Gasteiger partial charge on any atom is -0.401 e. The summed E-state index contributed by atoms with van der Waals surface area (Å²) in [6, 6.07) is 7.05. The summed E-state index contributed by atoms with van der Waals surface area (Å²) in [6.45, 7) is 3.91. The molecule has 10 nitrogen and oxygen atoms in total. The van der Waals surface area contributed by atoms with Gasteiger partial charge in [0.25, 0.3) is 17.5 Å². The number of benzene rings is 1. The molecule has 1 N–H and O–H groups in total. The normalized spacial score (nSPS) is 10.8. The molecule has 0 saturated heterocycles. The van der Waals surface area contributed by atoms with Gasteiger partial charge < -0.3 is 4.42 Å². The number of nitro groups is 1. The molecule has 3 aromatic rings. The minimum absolute atomic E-state index is 0.0970. The van der Waals surface area contributed by atoms with Crippen molar-refractivity contribution in [2.45, 2.75) is 19.9 Å². The van der Waals surface area contributed by atoms with Gasteiger partial charge >= 0.3 is 6.01 Å². The number of amides is 1. The molecule has 0 spiro atoms. The molecular formula is C15H14N6O4. The van der Waals surface area contributed by atoms with Gasteiger partial charge in [-0.05, 0) is 26.0 Å². The van der Waals surface area contributed by atoms with Crippen LogP contribution in [0.25, 0.3) is 11.6 Å². The van der Waals surface area contributed by atoms with Crippen LogP contribution in [0.4, 0.5) is 11.7 Å². The topological polar surface area (TPSA) is 129 Å². The fourth-order valence-corrected chi connectivity index (χ4v) is 2.20. The Morgan fingerprint density at radius 3 is 2.84 bits per heavy atom. The number of nitrogens with one attached hydrogen (secondary N) is 1. The van der Waals surface area contributed by atoms with Crippen LogP contribution < -0.4 is 5.32 Å². The second-order valence-corrected chi connectivity index (χ2v) is 5.43. The van der Waals surface area contributed by atoms with Gasteiger partial charge in [0.2, 0.25) is 0 Å². The van der Waals surface area contributed by atoms with Crippen LogP contribution in [-0.4, -0.2) is 30.8 Å². The maximum atomic E-state index is 12.2. The lowest BCUT2D eigenvalue weighted by atomic mass is 10.2. The van der Waals surface area contributed by atoms with Gasteiger partial charge in [-0.25, -0.2) is 0 Å². The lowest BCUT2D eigenvalue weighted by Gasteiger charge is -2.07. The number of nitro benzene ring substituents is 1. The number of anilines is 1. The number of non-ortho nitro benzene ring substituents is 1. The average Bonchev–Trinajstić information content (AvgIpc) is 3.23. The molecule has 0 aliphatic carbocycles. The standard InChI is InChI=1S/C15H14N6O4/c1-9(2)20-12(6-7-16-20)14-18-19-15(25-14)17-13(22)10-4-3-5-11(8-10)21(23)24/h3-9H,1-2H3,(H,17,19,22). The zero-order valence-corrected chi connectivity index (χ0v) is 13.4. The predicted octanol–water partition coefficient (Wildman–Crippen LogP) is 2.67. The quantitative estimate of drug-likeness (QED) is 0.557. The summed E-state index contributed by atoms with van der Waals surface area (Å²) in [7, 11) is 0. The van der Waals surface area contributed by atoms with Crippen LogP contribution in [-0.2, 0) is 0 Å². The maximum absolute atomic E-state index is 12.2. The van der Waals surface area contributed by atoms with Gasteiger partial charge in [0, 0.05) is 29.9 Å². The summed E-state index contributed by atoms with van der Waals surface area (Å²) in [5, 5.41) is 25.0. The SMILES string of the molecule is CC(C)n1nccc1-c1nnc(NC(=O)c2cccc([N+](=O)[O-])c2)o1. The van der Waals surface area contributed by atoms with Crippen molar-refractivity contribution in [1.29, 1.82) is 0 Å². The zero-order valence-electron chi connectivity index (χ0n) is 13.4. The number of rotatable bonds is 5. The third kappa shape index (κ3) is 3.37. The largest absolute Gasteiger partial charge is 0.401 e. The highest BCUT2D eigenvalue weighted by Gasteiger charge is 2.18. The molecule has 0 fully saturated rings. The number of hydrogen-bond acceptors (Lipinski definition) is 7. The average molecular weight is 342 g/mol. The van der Waals surface area contributed by atoms with Gasteiger partial charge in [0.1, 0.15) is 5.69 Å². The van der Waals surface area contributed by atoms with Crippen LogP contribution in [0.15, 0.2) is 40.9 Å². The minimum atomic E-state index is -0.587.